The third-order valence-electron chi connectivity index (χ3n) is 5.19. The van der Waals surface area contributed by atoms with Gasteiger partial charge in [0.1, 0.15) is 12.4 Å². The van der Waals surface area contributed by atoms with E-state index in [9.17, 15) is 4.79 Å². The maximum atomic E-state index is 12.2. The Morgan fingerprint density at radius 1 is 1.17 bits per heavy atom. The largest absolute Gasteiger partial charge is 0.481 e. The van der Waals surface area contributed by atoms with E-state index in [1.54, 1.807) is 0 Å². The van der Waals surface area contributed by atoms with Crippen molar-refractivity contribution in [3.05, 3.63) is 59.7 Å². The van der Waals surface area contributed by atoms with E-state index >= 15 is 0 Å². The number of morpholine rings is 1. The summed E-state index contributed by atoms with van der Waals surface area (Å²) in [6.07, 6.45) is 5.91. The molecule has 2 aromatic carbocycles. The molecule has 1 aliphatic heterocycles. The van der Waals surface area contributed by atoms with Crippen molar-refractivity contribution in [3.8, 4) is 18.1 Å². The number of rotatable bonds is 8. The SMILES string of the molecule is C#CCOc1ccc(CCNC(=O)Nc2ccc(C(C)N3CCOCC3)cc2)cc1. The predicted molar refractivity (Wildman–Crippen MR) is 119 cm³/mol. The van der Waals surface area contributed by atoms with Crippen LogP contribution in [0.1, 0.15) is 24.1 Å². The first-order valence-electron chi connectivity index (χ1n) is 10.3. The van der Waals surface area contributed by atoms with E-state index in [4.69, 9.17) is 15.9 Å². The van der Waals surface area contributed by atoms with Crippen LogP contribution in [-0.2, 0) is 11.2 Å². The van der Waals surface area contributed by atoms with Gasteiger partial charge in [-0.3, -0.25) is 4.90 Å². The van der Waals surface area contributed by atoms with Gasteiger partial charge in [0.05, 0.1) is 13.2 Å². The lowest BCUT2D eigenvalue weighted by atomic mass is 10.1. The van der Waals surface area contributed by atoms with Crippen LogP contribution >= 0.6 is 0 Å². The molecule has 6 heteroatoms. The number of amides is 2. The van der Waals surface area contributed by atoms with Gasteiger partial charge in [0.25, 0.3) is 0 Å². The van der Waals surface area contributed by atoms with Crippen LogP contribution in [0.25, 0.3) is 0 Å². The third-order valence-corrected chi connectivity index (χ3v) is 5.19. The fraction of sp³-hybridized carbons (Fsp3) is 0.375. The highest BCUT2D eigenvalue weighted by atomic mass is 16.5. The van der Waals surface area contributed by atoms with Crippen LogP contribution in [-0.4, -0.2) is 50.4 Å². The highest BCUT2D eigenvalue weighted by Gasteiger charge is 2.18. The summed E-state index contributed by atoms with van der Waals surface area (Å²) in [7, 11) is 0. The Balaban J connectivity index is 1.40. The maximum absolute atomic E-state index is 12.2. The lowest BCUT2D eigenvalue weighted by molar-refractivity contribution is 0.0198. The number of terminal acetylenes is 1. The van der Waals surface area contributed by atoms with Gasteiger partial charge >= 0.3 is 6.03 Å². The summed E-state index contributed by atoms with van der Waals surface area (Å²) in [5.74, 6) is 3.18. The van der Waals surface area contributed by atoms with E-state index in [0.29, 0.717) is 12.6 Å². The zero-order chi connectivity index (χ0) is 21.2. The van der Waals surface area contributed by atoms with Gasteiger partial charge in [-0.05, 0) is 48.7 Å². The van der Waals surface area contributed by atoms with Crippen molar-refractivity contribution in [1.82, 2.24) is 10.2 Å². The molecule has 1 heterocycles. The van der Waals surface area contributed by atoms with Crippen LogP contribution in [0, 0.1) is 12.3 Å². The fourth-order valence-corrected chi connectivity index (χ4v) is 3.39. The van der Waals surface area contributed by atoms with Crippen molar-refractivity contribution in [2.24, 2.45) is 0 Å². The summed E-state index contributed by atoms with van der Waals surface area (Å²) in [6, 6.07) is 15.9. The second-order valence-corrected chi connectivity index (χ2v) is 7.21. The van der Waals surface area contributed by atoms with Crippen LogP contribution in [0.4, 0.5) is 10.5 Å². The monoisotopic (exact) mass is 407 g/mol. The quantitative estimate of drug-likeness (QED) is 0.658. The first-order valence-corrected chi connectivity index (χ1v) is 10.3. The standard InChI is InChI=1S/C24H29N3O3/c1-3-16-30-23-10-4-20(5-11-23)12-13-25-24(28)26-22-8-6-21(7-9-22)19(2)27-14-17-29-18-15-27/h1,4-11,19H,12-18H2,2H3,(H2,25,26,28). The van der Waals surface area contributed by atoms with Crippen molar-refractivity contribution in [3.63, 3.8) is 0 Å². The number of carbonyl (C=O) groups excluding carboxylic acids is 1. The van der Waals surface area contributed by atoms with Gasteiger partial charge in [-0.2, -0.15) is 0 Å². The molecule has 0 spiro atoms. The molecular formula is C24H29N3O3. The molecule has 1 aliphatic rings. The Morgan fingerprint density at radius 2 is 1.87 bits per heavy atom. The number of nitrogens with one attached hydrogen (secondary N) is 2. The molecule has 0 aromatic heterocycles. The van der Waals surface area contributed by atoms with Gasteiger partial charge in [-0.25, -0.2) is 4.79 Å². The number of anilines is 1. The van der Waals surface area contributed by atoms with Gasteiger partial charge in [0.2, 0.25) is 0 Å². The van der Waals surface area contributed by atoms with Crippen molar-refractivity contribution < 1.29 is 14.3 Å². The molecule has 1 saturated heterocycles. The molecule has 3 rings (SSSR count). The Bertz CT molecular complexity index is 837. The van der Waals surface area contributed by atoms with Crippen molar-refractivity contribution in [2.75, 3.05) is 44.8 Å². The summed E-state index contributed by atoms with van der Waals surface area (Å²) in [5, 5.41) is 5.77. The van der Waals surface area contributed by atoms with Gasteiger partial charge in [-0.1, -0.05) is 30.2 Å². The van der Waals surface area contributed by atoms with Crippen LogP contribution in [0.15, 0.2) is 48.5 Å². The predicted octanol–water partition coefficient (Wildman–Crippen LogP) is 3.46. The average molecular weight is 408 g/mol. The summed E-state index contributed by atoms with van der Waals surface area (Å²) in [5.41, 5.74) is 3.13. The lowest BCUT2D eigenvalue weighted by Crippen LogP contribution is -2.38. The van der Waals surface area contributed by atoms with Gasteiger partial charge in [-0.15, -0.1) is 6.42 Å². The lowest BCUT2D eigenvalue weighted by Gasteiger charge is -2.32. The molecule has 2 aromatic rings. The molecule has 2 N–H and O–H groups in total. The molecule has 0 aliphatic carbocycles. The van der Waals surface area contributed by atoms with Crippen molar-refractivity contribution in [2.45, 2.75) is 19.4 Å². The van der Waals surface area contributed by atoms with Crippen molar-refractivity contribution >= 4 is 11.7 Å². The highest BCUT2D eigenvalue weighted by Crippen LogP contribution is 2.22. The molecule has 1 unspecified atom stereocenters. The minimum absolute atomic E-state index is 0.210. The minimum atomic E-state index is -0.210. The molecule has 0 radical (unpaired) electrons. The van der Waals surface area contributed by atoms with E-state index in [2.05, 4.69) is 40.5 Å². The number of hydrogen-bond acceptors (Lipinski definition) is 4. The number of urea groups is 1. The molecule has 30 heavy (non-hydrogen) atoms. The van der Waals surface area contributed by atoms with Crippen LogP contribution in [0.3, 0.4) is 0 Å². The second kappa shape index (κ2) is 11.2. The number of benzene rings is 2. The molecule has 1 fully saturated rings. The number of carbonyl (C=O) groups is 1. The van der Waals surface area contributed by atoms with Gasteiger partial charge in [0.15, 0.2) is 0 Å². The topological polar surface area (TPSA) is 62.8 Å². The molecule has 0 bridgehead atoms. The fourth-order valence-electron chi connectivity index (χ4n) is 3.39. The summed E-state index contributed by atoms with van der Waals surface area (Å²) in [4.78, 5) is 14.6. The van der Waals surface area contributed by atoms with Crippen molar-refractivity contribution in [1.29, 1.82) is 0 Å². The summed E-state index contributed by atoms with van der Waals surface area (Å²) < 4.78 is 10.8. The second-order valence-electron chi connectivity index (χ2n) is 7.21. The Labute approximate surface area is 178 Å². The van der Waals surface area contributed by atoms with Crippen LogP contribution in [0.5, 0.6) is 5.75 Å². The summed E-state index contributed by atoms with van der Waals surface area (Å²) in [6.45, 7) is 6.47. The molecule has 158 valence electrons. The van der Waals surface area contributed by atoms with Gasteiger partial charge < -0.3 is 20.1 Å². The van der Waals surface area contributed by atoms with Crippen LogP contribution < -0.4 is 15.4 Å². The normalized spacial score (nSPS) is 15.1. The Hall–Kier alpha value is -3.01. The molecular weight excluding hydrogens is 378 g/mol. The summed E-state index contributed by atoms with van der Waals surface area (Å²) >= 11 is 0. The Kier molecular flexibility index (Phi) is 8.13. The average Bonchev–Trinajstić information content (AvgIpc) is 2.79. The third kappa shape index (κ3) is 6.51. The minimum Gasteiger partial charge on any atom is -0.481 e. The first kappa shape index (κ1) is 21.7. The first-order chi connectivity index (χ1) is 14.7. The molecule has 6 nitrogen and oxygen atoms in total. The maximum Gasteiger partial charge on any atom is 0.319 e. The molecule has 1 atom stereocenters. The number of nitrogens with zero attached hydrogens (tertiary/aromatic N) is 1. The number of ether oxygens (including phenoxy) is 2. The van der Waals surface area contributed by atoms with E-state index in [1.165, 1.54) is 5.56 Å². The van der Waals surface area contributed by atoms with Gasteiger partial charge in [0, 0.05) is 31.4 Å². The van der Waals surface area contributed by atoms with Crippen LogP contribution in [0.2, 0.25) is 0 Å². The van der Waals surface area contributed by atoms with E-state index < -0.39 is 0 Å². The van der Waals surface area contributed by atoms with E-state index in [0.717, 1.165) is 49.7 Å². The zero-order valence-electron chi connectivity index (χ0n) is 17.4. The molecule has 2 amide bonds. The number of hydrogen-bond donors (Lipinski definition) is 2. The Morgan fingerprint density at radius 3 is 2.53 bits per heavy atom. The smallest absolute Gasteiger partial charge is 0.319 e. The zero-order valence-corrected chi connectivity index (χ0v) is 17.4. The van der Waals surface area contributed by atoms with E-state index in [-0.39, 0.29) is 12.6 Å². The molecule has 0 saturated carbocycles. The highest BCUT2D eigenvalue weighted by molar-refractivity contribution is 5.89. The van der Waals surface area contributed by atoms with E-state index in [1.807, 2.05) is 36.4 Å².